The molecule has 0 unspecified atom stereocenters. The summed E-state index contributed by atoms with van der Waals surface area (Å²) in [6.45, 7) is 1.11. The minimum absolute atomic E-state index is 0.0689. The summed E-state index contributed by atoms with van der Waals surface area (Å²) < 4.78 is 0. The Labute approximate surface area is 156 Å². The Bertz CT molecular complexity index is 916. The number of carbonyl (C=O) groups is 2. The molecule has 1 N–H and O–H groups in total. The van der Waals surface area contributed by atoms with Crippen LogP contribution in [0.15, 0.2) is 54.6 Å². The summed E-state index contributed by atoms with van der Waals surface area (Å²) in [4.78, 5) is 32.1. The van der Waals surface area contributed by atoms with Crippen molar-refractivity contribution in [1.82, 2.24) is 9.96 Å². The fourth-order valence-electron chi connectivity index (χ4n) is 3.38. The highest BCUT2D eigenvalue weighted by Crippen LogP contribution is 2.36. The topological polar surface area (TPSA) is 85.7 Å². The molecule has 3 amide bonds. The lowest BCUT2D eigenvalue weighted by Crippen LogP contribution is -2.64. The first kappa shape index (κ1) is 17.1. The third-order valence-electron chi connectivity index (χ3n) is 4.71. The van der Waals surface area contributed by atoms with Gasteiger partial charge in [-0.25, -0.2) is 9.86 Å². The van der Waals surface area contributed by atoms with Gasteiger partial charge in [0.15, 0.2) is 0 Å². The highest BCUT2D eigenvalue weighted by Gasteiger charge is 2.54. The van der Waals surface area contributed by atoms with Crippen LogP contribution >= 0.6 is 0 Å². The third kappa shape index (κ3) is 3.48. The van der Waals surface area contributed by atoms with Gasteiger partial charge in [-0.3, -0.25) is 9.63 Å². The molecule has 0 bridgehead atoms. The average Bonchev–Trinajstić information content (AvgIpc) is 2.98. The van der Waals surface area contributed by atoms with Gasteiger partial charge in [0, 0.05) is 5.69 Å². The molecule has 0 aromatic heterocycles. The first-order valence-corrected chi connectivity index (χ1v) is 8.66. The Kier molecular flexibility index (Phi) is 4.26. The first-order valence-electron chi connectivity index (χ1n) is 8.66. The van der Waals surface area contributed by atoms with Crippen molar-refractivity contribution in [3.05, 3.63) is 65.7 Å². The van der Waals surface area contributed by atoms with Gasteiger partial charge < -0.3 is 10.2 Å². The van der Waals surface area contributed by atoms with Crippen LogP contribution in [0, 0.1) is 11.3 Å². The van der Waals surface area contributed by atoms with Crippen molar-refractivity contribution >= 4 is 17.6 Å². The monoisotopic (exact) mass is 362 g/mol. The molecular formula is C20H18N4O3. The third-order valence-corrected chi connectivity index (χ3v) is 4.71. The Morgan fingerprint density at radius 2 is 1.96 bits per heavy atom. The number of hydrogen-bond donors (Lipinski definition) is 1. The van der Waals surface area contributed by atoms with Crippen LogP contribution in [0.3, 0.4) is 0 Å². The van der Waals surface area contributed by atoms with E-state index in [0.717, 1.165) is 5.56 Å². The summed E-state index contributed by atoms with van der Waals surface area (Å²) in [5, 5.41) is 13.1. The molecule has 2 heterocycles. The van der Waals surface area contributed by atoms with Crippen molar-refractivity contribution in [2.45, 2.75) is 18.6 Å². The molecule has 7 nitrogen and oxygen atoms in total. The van der Waals surface area contributed by atoms with Gasteiger partial charge in [-0.05, 0) is 23.8 Å². The lowest BCUT2D eigenvalue weighted by molar-refractivity contribution is -0.232. The molecule has 2 aliphatic rings. The second-order valence-electron chi connectivity index (χ2n) is 6.85. The van der Waals surface area contributed by atoms with Crippen molar-refractivity contribution in [3.63, 3.8) is 0 Å². The van der Waals surface area contributed by atoms with Crippen LogP contribution in [-0.2, 0) is 16.2 Å². The van der Waals surface area contributed by atoms with E-state index < -0.39 is 5.60 Å². The fourth-order valence-corrected chi connectivity index (χ4v) is 3.38. The Balaban J connectivity index is 1.34. The number of hydroxylamine groups is 2. The van der Waals surface area contributed by atoms with Crippen LogP contribution in [0.5, 0.6) is 0 Å². The molecule has 136 valence electrons. The number of benzene rings is 2. The number of nitriles is 1. The Hall–Kier alpha value is -3.37. The molecule has 0 saturated carbocycles. The molecular weight excluding hydrogens is 344 g/mol. The predicted octanol–water partition coefficient (Wildman–Crippen LogP) is 2.51. The molecule has 2 aromatic carbocycles. The van der Waals surface area contributed by atoms with E-state index in [0.29, 0.717) is 30.9 Å². The lowest BCUT2D eigenvalue weighted by Gasteiger charge is -2.45. The zero-order valence-corrected chi connectivity index (χ0v) is 14.6. The summed E-state index contributed by atoms with van der Waals surface area (Å²) in [7, 11) is 0. The minimum Gasteiger partial charge on any atom is -0.318 e. The van der Waals surface area contributed by atoms with Crippen molar-refractivity contribution in [2.75, 3.05) is 18.4 Å². The predicted molar refractivity (Wildman–Crippen MR) is 97.2 cm³/mol. The number of rotatable bonds is 3. The normalized spacial score (nSPS) is 17.5. The second-order valence-corrected chi connectivity index (χ2v) is 6.85. The molecule has 7 heteroatoms. The van der Waals surface area contributed by atoms with Crippen LogP contribution in [0.25, 0.3) is 0 Å². The molecule has 27 heavy (non-hydrogen) atoms. The molecule has 0 atom stereocenters. The van der Waals surface area contributed by atoms with Crippen molar-refractivity contribution in [3.8, 4) is 6.07 Å². The zero-order chi connectivity index (χ0) is 18.9. The van der Waals surface area contributed by atoms with Gasteiger partial charge in [0.1, 0.15) is 5.60 Å². The van der Waals surface area contributed by atoms with Gasteiger partial charge in [0.25, 0.3) is 0 Å². The van der Waals surface area contributed by atoms with E-state index in [1.54, 1.807) is 29.2 Å². The van der Waals surface area contributed by atoms with E-state index in [4.69, 9.17) is 10.1 Å². The van der Waals surface area contributed by atoms with E-state index in [-0.39, 0.29) is 18.4 Å². The SMILES string of the molecule is N#Cc1cccc(NC(=O)N2CC3(CC(=O)N(Cc4ccccc4)O3)C2)c1. The number of anilines is 1. The standard InChI is InChI=1S/C20H18N4O3/c21-11-16-7-4-8-17(9-16)22-19(26)23-13-20(14-23)10-18(25)24(27-20)12-15-5-2-1-3-6-15/h1-9H,10,12-14H2,(H,22,26). The van der Waals surface area contributed by atoms with Crippen molar-refractivity contribution in [1.29, 1.82) is 5.26 Å². The van der Waals surface area contributed by atoms with Gasteiger partial charge in [-0.1, -0.05) is 36.4 Å². The molecule has 0 aliphatic carbocycles. The van der Waals surface area contributed by atoms with Crippen molar-refractivity contribution in [2.24, 2.45) is 0 Å². The number of likely N-dealkylation sites (tertiary alicyclic amines) is 1. The van der Waals surface area contributed by atoms with Crippen LogP contribution in [-0.4, -0.2) is 40.6 Å². The summed E-state index contributed by atoms with van der Waals surface area (Å²) in [5.74, 6) is -0.0689. The van der Waals surface area contributed by atoms with Gasteiger partial charge in [-0.15, -0.1) is 0 Å². The smallest absolute Gasteiger partial charge is 0.318 e. The van der Waals surface area contributed by atoms with E-state index in [2.05, 4.69) is 5.32 Å². The van der Waals surface area contributed by atoms with Gasteiger partial charge in [0.2, 0.25) is 5.91 Å². The minimum atomic E-state index is -0.627. The van der Waals surface area contributed by atoms with E-state index in [9.17, 15) is 9.59 Å². The number of nitrogens with zero attached hydrogens (tertiary/aromatic N) is 3. The molecule has 0 radical (unpaired) electrons. The zero-order valence-electron chi connectivity index (χ0n) is 14.6. The molecule has 1 spiro atoms. The Morgan fingerprint density at radius 3 is 2.70 bits per heavy atom. The second kappa shape index (κ2) is 6.74. The first-order chi connectivity index (χ1) is 13.1. The number of amides is 3. The van der Waals surface area contributed by atoms with Crippen LogP contribution in [0.2, 0.25) is 0 Å². The van der Waals surface area contributed by atoms with Crippen LogP contribution in [0.4, 0.5) is 10.5 Å². The summed E-state index contributed by atoms with van der Waals surface area (Å²) >= 11 is 0. The van der Waals surface area contributed by atoms with Crippen molar-refractivity contribution < 1.29 is 14.4 Å². The fraction of sp³-hybridized carbons (Fsp3) is 0.250. The van der Waals surface area contributed by atoms with Crippen LogP contribution < -0.4 is 5.32 Å². The average molecular weight is 362 g/mol. The lowest BCUT2D eigenvalue weighted by atomic mass is 9.91. The molecule has 2 aliphatic heterocycles. The molecule has 2 aromatic rings. The molecule has 4 rings (SSSR count). The maximum Gasteiger partial charge on any atom is 0.322 e. The largest absolute Gasteiger partial charge is 0.322 e. The highest BCUT2D eigenvalue weighted by atomic mass is 16.7. The number of nitrogens with one attached hydrogen (secondary N) is 1. The highest BCUT2D eigenvalue weighted by molar-refractivity contribution is 5.90. The molecule has 2 saturated heterocycles. The van der Waals surface area contributed by atoms with E-state index in [1.807, 2.05) is 36.4 Å². The number of hydrogen-bond acceptors (Lipinski definition) is 4. The van der Waals surface area contributed by atoms with Gasteiger partial charge in [-0.2, -0.15) is 5.26 Å². The van der Waals surface area contributed by atoms with Crippen LogP contribution in [0.1, 0.15) is 17.5 Å². The maximum atomic E-state index is 12.4. The van der Waals surface area contributed by atoms with Gasteiger partial charge >= 0.3 is 6.03 Å². The Morgan fingerprint density at radius 1 is 1.19 bits per heavy atom. The maximum absolute atomic E-state index is 12.4. The number of carbonyl (C=O) groups excluding carboxylic acids is 2. The summed E-state index contributed by atoms with van der Waals surface area (Å²) in [6.07, 6.45) is 0.271. The quantitative estimate of drug-likeness (QED) is 0.909. The van der Waals surface area contributed by atoms with E-state index >= 15 is 0 Å². The van der Waals surface area contributed by atoms with Gasteiger partial charge in [0.05, 0.1) is 37.7 Å². The van der Waals surface area contributed by atoms with E-state index in [1.165, 1.54) is 5.06 Å². The molecule has 2 fully saturated rings. The summed E-state index contributed by atoms with van der Waals surface area (Å²) in [6, 6.07) is 18.1. The number of urea groups is 1. The summed E-state index contributed by atoms with van der Waals surface area (Å²) in [5.41, 5.74) is 1.41.